The summed E-state index contributed by atoms with van der Waals surface area (Å²) in [5.74, 6) is 0. The van der Waals surface area contributed by atoms with Crippen molar-refractivity contribution >= 4 is 11.3 Å². The van der Waals surface area contributed by atoms with Gasteiger partial charge in [-0.3, -0.25) is 4.90 Å². The summed E-state index contributed by atoms with van der Waals surface area (Å²) < 4.78 is 0. The van der Waals surface area contributed by atoms with Gasteiger partial charge in [-0.1, -0.05) is 27.7 Å². The van der Waals surface area contributed by atoms with Crippen LogP contribution < -0.4 is 5.32 Å². The molecule has 1 aromatic rings. The van der Waals surface area contributed by atoms with E-state index in [9.17, 15) is 0 Å². The molecule has 0 saturated carbocycles. The van der Waals surface area contributed by atoms with Crippen LogP contribution in [-0.2, 0) is 6.42 Å². The number of thiophene rings is 1. The van der Waals surface area contributed by atoms with Gasteiger partial charge in [0.25, 0.3) is 0 Å². The monoisotopic (exact) mass is 310 g/mol. The molecule has 0 amide bonds. The number of hydrogen-bond acceptors (Lipinski definition) is 3. The van der Waals surface area contributed by atoms with Crippen molar-refractivity contribution < 1.29 is 0 Å². The molecule has 3 heteroatoms. The molecular formula is C18H34N2S. The van der Waals surface area contributed by atoms with Crippen molar-refractivity contribution in [2.45, 2.75) is 71.9 Å². The first-order valence-corrected chi connectivity index (χ1v) is 9.56. The fourth-order valence-electron chi connectivity index (χ4n) is 3.33. The van der Waals surface area contributed by atoms with Crippen molar-refractivity contribution in [1.29, 1.82) is 0 Å². The predicted molar refractivity (Wildman–Crippen MR) is 96.3 cm³/mol. The molecule has 0 aromatic carbocycles. The first-order chi connectivity index (χ1) is 10.1. The molecule has 1 aromatic heterocycles. The van der Waals surface area contributed by atoms with Crippen LogP contribution in [0.1, 0.15) is 59.4 Å². The fourth-order valence-corrected chi connectivity index (χ4v) is 4.04. The smallest absolute Gasteiger partial charge is 0.0331 e. The van der Waals surface area contributed by atoms with Crippen LogP contribution in [0.4, 0.5) is 0 Å². The van der Waals surface area contributed by atoms with E-state index in [1.165, 1.54) is 31.2 Å². The van der Waals surface area contributed by atoms with Crippen LogP contribution in [0.15, 0.2) is 16.8 Å². The van der Waals surface area contributed by atoms with Gasteiger partial charge in [0.1, 0.15) is 0 Å². The minimum absolute atomic E-state index is 0.245. The topological polar surface area (TPSA) is 15.3 Å². The molecule has 1 heterocycles. The number of likely N-dealkylation sites (N-methyl/N-ethyl adjacent to an activating group) is 1. The quantitative estimate of drug-likeness (QED) is 0.644. The Labute approximate surface area is 135 Å². The van der Waals surface area contributed by atoms with Crippen LogP contribution >= 0.6 is 11.3 Å². The summed E-state index contributed by atoms with van der Waals surface area (Å²) in [7, 11) is 0. The van der Waals surface area contributed by atoms with Gasteiger partial charge in [0, 0.05) is 11.6 Å². The summed E-state index contributed by atoms with van der Waals surface area (Å²) in [6, 6.07) is 2.82. The largest absolute Gasteiger partial charge is 0.312 e. The molecule has 122 valence electrons. The maximum absolute atomic E-state index is 3.83. The highest BCUT2D eigenvalue weighted by molar-refractivity contribution is 7.07. The summed E-state index contributed by atoms with van der Waals surface area (Å²) in [5, 5.41) is 8.31. The molecule has 0 radical (unpaired) electrons. The molecule has 0 fully saturated rings. The molecule has 0 saturated heterocycles. The Balaban J connectivity index is 2.80. The van der Waals surface area contributed by atoms with Gasteiger partial charge in [0.2, 0.25) is 0 Å². The van der Waals surface area contributed by atoms with E-state index in [0.29, 0.717) is 6.04 Å². The second-order valence-electron chi connectivity index (χ2n) is 6.06. The summed E-state index contributed by atoms with van der Waals surface area (Å²) in [6.45, 7) is 15.0. The van der Waals surface area contributed by atoms with Crippen molar-refractivity contribution in [1.82, 2.24) is 10.2 Å². The lowest BCUT2D eigenvalue weighted by Crippen LogP contribution is -2.59. The fraction of sp³-hybridized carbons (Fsp3) is 0.778. The predicted octanol–water partition coefficient (Wildman–Crippen LogP) is 4.56. The molecule has 0 aliphatic rings. The third-order valence-electron chi connectivity index (χ3n) is 4.89. The number of aryl methyl sites for hydroxylation is 1. The summed E-state index contributed by atoms with van der Waals surface area (Å²) >= 11 is 1.81. The minimum Gasteiger partial charge on any atom is -0.312 e. The molecule has 21 heavy (non-hydrogen) atoms. The summed E-state index contributed by atoms with van der Waals surface area (Å²) in [6.07, 6.45) is 4.80. The molecular weight excluding hydrogens is 276 g/mol. The zero-order chi connectivity index (χ0) is 15.7. The Hall–Kier alpha value is -0.380. The lowest BCUT2D eigenvalue weighted by atomic mass is 9.83. The number of rotatable bonds is 11. The van der Waals surface area contributed by atoms with Crippen LogP contribution in [0.25, 0.3) is 0 Å². The van der Waals surface area contributed by atoms with Gasteiger partial charge in [-0.25, -0.2) is 0 Å². The Morgan fingerprint density at radius 2 is 1.95 bits per heavy atom. The van der Waals surface area contributed by atoms with E-state index in [2.05, 4.69) is 61.7 Å². The van der Waals surface area contributed by atoms with E-state index in [4.69, 9.17) is 0 Å². The first kappa shape index (κ1) is 18.7. The van der Waals surface area contributed by atoms with Crippen LogP contribution in [0.5, 0.6) is 0 Å². The van der Waals surface area contributed by atoms with Crippen LogP contribution in [-0.4, -0.2) is 36.1 Å². The van der Waals surface area contributed by atoms with Crippen LogP contribution in [0.3, 0.4) is 0 Å². The van der Waals surface area contributed by atoms with E-state index in [-0.39, 0.29) is 5.54 Å². The van der Waals surface area contributed by atoms with E-state index in [1.807, 2.05) is 0 Å². The Bertz CT molecular complexity index is 359. The summed E-state index contributed by atoms with van der Waals surface area (Å²) in [4.78, 5) is 2.63. The Morgan fingerprint density at radius 3 is 2.43 bits per heavy atom. The zero-order valence-electron chi connectivity index (χ0n) is 14.6. The molecule has 1 rings (SSSR count). The Kier molecular flexibility index (Phi) is 8.53. The van der Waals surface area contributed by atoms with Crippen molar-refractivity contribution in [2.75, 3.05) is 19.6 Å². The Morgan fingerprint density at radius 1 is 1.24 bits per heavy atom. The highest BCUT2D eigenvalue weighted by Crippen LogP contribution is 2.27. The van der Waals surface area contributed by atoms with Crippen molar-refractivity contribution in [3.63, 3.8) is 0 Å². The third-order valence-corrected chi connectivity index (χ3v) is 5.63. The number of hydrogen-bond donors (Lipinski definition) is 1. The van der Waals surface area contributed by atoms with Gasteiger partial charge in [-0.2, -0.15) is 11.3 Å². The molecule has 0 aliphatic carbocycles. The molecule has 1 N–H and O–H groups in total. The normalized spacial score (nSPS) is 16.1. The van der Waals surface area contributed by atoms with E-state index >= 15 is 0 Å². The van der Waals surface area contributed by atoms with E-state index in [0.717, 1.165) is 19.6 Å². The lowest BCUT2D eigenvalue weighted by Gasteiger charge is -2.46. The van der Waals surface area contributed by atoms with Crippen LogP contribution in [0, 0.1) is 0 Å². The highest BCUT2D eigenvalue weighted by Gasteiger charge is 2.36. The zero-order valence-corrected chi connectivity index (χ0v) is 15.4. The molecule has 2 unspecified atom stereocenters. The SMILES string of the molecule is CCCNC(CCc1ccsc1)C(C)(CC)N(CC)CC. The first-order valence-electron chi connectivity index (χ1n) is 8.61. The maximum Gasteiger partial charge on any atom is 0.0331 e. The molecule has 0 spiro atoms. The van der Waals surface area contributed by atoms with Crippen molar-refractivity contribution in [2.24, 2.45) is 0 Å². The van der Waals surface area contributed by atoms with Gasteiger partial charge in [0.15, 0.2) is 0 Å². The van der Waals surface area contributed by atoms with Gasteiger partial charge >= 0.3 is 0 Å². The average molecular weight is 311 g/mol. The van der Waals surface area contributed by atoms with Gasteiger partial charge in [-0.05, 0) is 74.6 Å². The minimum atomic E-state index is 0.245. The van der Waals surface area contributed by atoms with Crippen LogP contribution in [0.2, 0.25) is 0 Å². The molecule has 0 bridgehead atoms. The molecule has 2 atom stereocenters. The highest BCUT2D eigenvalue weighted by atomic mass is 32.1. The van der Waals surface area contributed by atoms with Gasteiger partial charge in [-0.15, -0.1) is 0 Å². The second-order valence-corrected chi connectivity index (χ2v) is 6.84. The van der Waals surface area contributed by atoms with E-state index < -0.39 is 0 Å². The van der Waals surface area contributed by atoms with Crippen molar-refractivity contribution in [3.8, 4) is 0 Å². The maximum atomic E-state index is 3.83. The number of nitrogens with zero attached hydrogens (tertiary/aromatic N) is 1. The van der Waals surface area contributed by atoms with Gasteiger partial charge in [0.05, 0.1) is 0 Å². The van der Waals surface area contributed by atoms with Gasteiger partial charge < -0.3 is 5.32 Å². The average Bonchev–Trinajstić information content (AvgIpc) is 3.01. The molecule has 2 nitrogen and oxygen atoms in total. The van der Waals surface area contributed by atoms with Crippen molar-refractivity contribution in [3.05, 3.63) is 22.4 Å². The number of nitrogens with one attached hydrogen (secondary N) is 1. The third kappa shape index (κ3) is 5.08. The lowest BCUT2D eigenvalue weighted by molar-refractivity contribution is 0.0668. The second kappa shape index (κ2) is 9.60. The molecule has 0 aliphatic heterocycles. The van der Waals surface area contributed by atoms with E-state index in [1.54, 1.807) is 11.3 Å². The summed E-state index contributed by atoms with van der Waals surface area (Å²) in [5.41, 5.74) is 1.73. The standard InChI is InChI=1S/C18H34N2S/c1-6-13-19-17(11-10-16-12-14-21-15-16)18(5,7-2)20(8-3)9-4/h12,14-15,17,19H,6-11,13H2,1-5H3.